The maximum atomic E-state index is 13.5. The normalized spacial score (nSPS) is 22.0. The second kappa shape index (κ2) is 8.77. The molecular weight excluding hydrogens is 444 g/mol. The molecule has 4 aliphatic rings. The first-order valence-electron chi connectivity index (χ1n) is 12.8. The zero-order chi connectivity index (χ0) is 24.0. The second-order valence-corrected chi connectivity index (χ2v) is 10.3. The molecule has 7 heteroatoms. The zero-order valence-corrected chi connectivity index (χ0v) is 20.2. The molecule has 0 aromatic heterocycles. The molecule has 1 spiro atoms. The van der Waals surface area contributed by atoms with Gasteiger partial charge in [0, 0.05) is 29.6 Å². The Hall–Kier alpha value is -3.22. The van der Waals surface area contributed by atoms with E-state index in [2.05, 4.69) is 24.4 Å². The van der Waals surface area contributed by atoms with E-state index in [1.807, 2.05) is 23.1 Å². The largest absolute Gasteiger partial charge is 0.486 e. The fourth-order valence-corrected chi connectivity index (χ4v) is 5.89. The lowest BCUT2D eigenvalue weighted by atomic mass is 9.71. The maximum Gasteiger partial charge on any atom is 0.261 e. The van der Waals surface area contributed by atoms with Crippen LogP contribution in [0.2, 0.25) is 0 Å². The molecule has 2 aliphatic carbocycles. The van der Waals surface area contributed by atoms with Crippen molar-refractivity contribution in [2.24, 2.45) is 5.92 Å². The number of carbonyl (C=O) groups is 2. The van der Waals surface area contributed by atoms with Gasteiger partial charge in [0.1, 0.15) is 19.0 Å². The molecule has 2 heterocycles. The van der Waals surface area contributed by atoms with Gasteiger partial charge in [-0.05, 0) is 68.0 Å². The lowest BCUT2D eigenvalue weighted by Crippen LogP contribution is -2.50. The first-order valence-corrected chi connectivity index (χ1v) is 12.8. The number of ether oxygens (including phenoxy) is 3. The molecule has 1 N–H and O–H groups in total. The molecule has 0 radical (unpaired) electrons. The molecule has 184 valence electrons. The maximum absolute atomic E-state index is 13.5. The van der Waals surface area contributed by atoms with Gasteiger partial charge in [-0.25, -0.2) is 0 Å². The van der Waals surface area contributed by atoms with Crippen molar-refractivity contribution in [2.45, 2.75) is 56.9 Å². The van der Waals surface area contributed by atoms with Crippen molar-refractivity contribution < 1.29 is 23.8 Å². The number of benzene rings is 2. The summed E-state index contributed by atoms with van der Waals surface area (Å²) in [6.07, 6.45) is 6.38. The van der Waals surface area contributed by atoms with E-state index in [4.69, 9.17) is 14.2 Å². The molecule has 2 aliphatic heterocycles. The van der Waals surface area contributed by atoms with Gasteiger partial charge in [0.15, 0.2) is 18.1 Å². The number of nitrogens with one attached hydrogen (secondary N) is 1. The van der Waals surface area contributed by atoms with E-state index < -0.39 is 0 Å². The van der Waals surface area contributed by atoms with Crippen LogP contribution in [0.1, 0.15) is 62.6 Å². The summed E-state index contributed by atoms with van der Waals surface area (Å²) in [6.45, 7) is 3.85. The average Bonchev–Trinajstić information content (AvgIpc) is 3.63. The summed E-state index contributed by atoms with van der Waals surface area (Å²) in [5.74, 6) is 2.33. The number of rotatable bonds is 5. The van der Waals surface area contributed by atoms with E-state index in [1.54, 1.807) is 6.07 Å². The van der Waals surface area contributed by atoms with Gasteiger partial charge in [-0.3, -0.25) is 9.59 Å². The highest BCUT2D eigenvalue weighted by Crippen LogP contribution is 2.51. The van der Waals surface area contributed by atoms with Crippen LogP contribution >= 0.6 is 0 Å². The molecule has 0 bridgehead atoms. The van der Waals surface area contributed by atoms with Gasteiger partial charge in [0.25, 0.3) is 5.91 Å². The zero-order valence-electron chi connectivity index (χ0n) is 20.2. The highest BCUT2D eigenvalue weighted by molar-refractivity contribution is 5.94. The lowest BCUT2D eigenvalue weighted by Gasteiger charge is -2.46. The smallest absolute Gasteiger partial charge is 0.261 e. The van der Waals surface area contributed by atoms with Gasteiger partial charge in [-0.2, -0.15) is 0 Å². The third kappa shape index (κ3) is 4.21. The lowest BCUT2D eigenvalue weighted by molar-refractivity contribution is -0.137. The molecule has 7 nitrogen and oxygen atoms in total. The number of amides is 2. The summed E-state index contributed by atoms with van der Waals surface area (Å²) >= 11 is 0. The minimum Gasteiger partial charge on any atom is -0.486 e. The van der Waals surface area contributed by atoms with E-state index in [0.29, 0.717) is 31.2 Å². The van der Waals surface area contributed by atoms with Crippen molar-refractivity contribution in [1.29, 1.82) is 0 Å². The summed E-state index contributed by atoms with van der Waals surface area (Å²) in [5, 5.41) is 2.93. The molecule has 1 unspecified atom stereocenters. The van der Waals surface area contributed by atoms with Crippen molar-refractivity contribution >= 4 is 17.5 Å². The Morgan fingerprint density at radius 3 is 2.57 bits per heavy atom. The Balaban J connectivity index is 1.20. The predicted molar refractivity (Wildman–Crippen MR) is 131 cm³/mol. The average molecular weight is 477 g/mol. The van der Waals surface area contributed by atoms with Crippen LogP contribution in [0.4, 0.5) is 5.69 Å². The van der Waals surface area contributed by atoms with Crippen LogP contribution in [-0.4, -0.2) is 43.1 Å². The Morgan fingerprint density at radius 1 is 1.09 bits per heavy atom. The molecule has 1 atom stereocenters. The Morgan fingerprint density at radius 2 is 1.83 bits per heavy atom. The third-order valence-electron chi connectivity index (χ3n) is 7.97. The molecule has 2 aromatic carbocycles. The van der Waals surface area contributed by atoms with Crippen LogP contribution < -0.4 is 19.5 Å². The van der Waals surface area contributed by atoms with Crippen molar-refractivity contribution in [1.82, 2.24) is 4.90 Å². The summed E-state index contributed by atoms with van der Waals surface area (Å²) < 4.78 is 17.7. The number of hydrogen-bond donors (Lipinski definition) is 1. The monoisotopic (exact) mass is 476 g/mol. The number of nitrogens with zero attached hydrogens (tertiary/aromatic N) is 1. The van der Waals surface area contributed by atoms with Gasteiger partial charge >= 0.3 is 0 Å². The number of carbonyl (C=O) groups excluding carboxylic acids is 2. The third-order valence-corrected chi connectivity index (χ3v) is 7.97. The van der Waals surface area contributed by atoms with E-state index in [0.717, 1.165) is 42.7 Å². The quantitative estimate of drug-likeness (QED) is 0.683. The Bertz CT molecular complexity index is 1150. The first-order chi connectivity index (χ1) is 17.0. The Kier molecular flexibility index (Phi) is 5.58. The van der Waals surface area contributed by atoms with Gasteiger partial charge in [-0.15, -0.1) is 0 Å². The highest BCUT2D eigenvalue weighted by Gasteiger charge is 2.46. The highest BCUT2D eigenvalue weighted by atomic mass is 16.6. The summed E-state index contributed by atoms with van der Waals surface area (Å²) in [7, 11) is 0. The SMILES string of the molecule is CC1c2cc3c(cc2C2(CCCC2)CN1C(=O)COc1cccc(NC(=O)C2CC2)c1)OCCO3. The molecule has 2 amide bonds. The van der Waals surface area contributed by atoms with E-state index >= 15 is 0 Å². The molecule has 2 fully saturated rings. The fourth-order valence-electron chi connectivity index (χ4n) is 5.89. The van der Waals surface area contributed by atoms with Crippen LogP contribution in [0.5, 0.6) is 17.2 Å². The van der Waals surface area contributed by atoms with E-state index in [1.165, 1.54) is 18.4 Å². The van der Waals surface area contributed by atoms with Crippen LogP contribution in [0.15, 0.2) is 36.4 Å². The van der Waals surface area contributed by atoms with Gasteiger partial charge in [-0.1, -0.05) is 18.9 Å². The molecule has 2 saturated carbocycles. The first kappa shape index (κ1) is 22.3. The van der Waals surface area contributed by atoms with E-state index in [9.17, 15) is 9.59 Å². The van der Waals surface area contributed by atoms with Crippen LogP contribution in [0.25, 0.3) is 0 Å². The van der Waals surface area contributed by atoms with Crippen molar-refractivity contribution in [2.75, 3.05) is 31.7 Å². The van der Waals surface area contributed by atoms with Gasteiger partial charge < -0.3 is 24.4 Å². The summed E-state index contributed by atoms with van der Waals surface area (Å²) in [5.41, 5.74) is 3.13. The molecule has 6 rings (SSSR count). The molecule has 2 aromatic rings. The molecular formula is C28H32N2O5. The van der Waals surface area contributed by atoms with Crippen molar-refractivity contribution in [3.63, 3.8) is 0 Å². The summed E-state index contributed by atoms with van der Waals surface area (Å²) in [6, 6.07) is 11.5. The second-order valence-electron chi connectivity index (χ2n) is 10.3. The predicted octanol–water partition coefficient (Wildman–Crippen LogP) is 4.60. The van der Waals surface area contributed by atoms with Crippen molar-refractivity contribution in [3.05, 3.63) is 47.5 Å². The number of hydrogen-bond acceptors (Lipinski definition) is 5. The molecule has 35 heavy (non-hydrogen) atoms. The van der Waals surface area contributed by atoms with Gasteiger partial charge in [0.05, 0.1) is 6.04 Å². The molecule has 0 saturated heterocycles. The van der Waals surface area contributed by atoms with Crippen molar-refractivity contribution in [3.8, 4) is 17.2 Å². The number of anilines is 1. The number of fused-ring (bicyclic) bond motifs is 3. The van der Waals surface area contributed by atoms with Crippen LogP contribution in [0.3, 0.4) is 0 Å². The van der Waals surface area contributed by atoms with E-state index in [-0.39, 0.29) is 35.8 Å². The minimum absolute atomic E-state index is 0.0308. The van der Waals surface area contributed by atoms with Crippen LogP contribution in [-0.2, 0) is 15.0 Å². The van der Waals surface area contributed by atoms with Crippen LogP contribution in [0, 0.1) is 5.92 Å². The van der Waals surface area contributed by atoms with Gasteiger partial charge in [0.2, 0.25) is 5.91 Å². The topological polar surface area (TPSA) is 77.1 Å². The Labute approximate surface area is 205 Å². The standard InChI is InChI=1S/C28H32N2O5/c1-18-22-14-24-25(34-12-11-33-24)15-23(22)28(9-2-3-10-28)17-30(18)26(31)16-35-21-6-4-5-20(13-21)29-27(32)19-7-8-19/h4-6,13-15,18-19H,2-3,7-12,16-17H2,1H3,(H,29,32). The summed E-state index contributed by atoms with van der Waals surface area (Å²) in [4.78, 5) is 27.5. The minimum atomic E-state index is -0.0766. The fraction of sp³-hybridized carbons (Fsp3) is 0.500.